The number of carbonyl (C=O) groups excluding carboxylic acids is 4. The van der Waals surface area contributed by atoms with Crippen LogP contribution in [-0.2, 0) is 23.9 Å². The first-order valence-corrected chi connectivity index (χ1v) is 11.0. The summed E-state index contributed by atoms with van der Waals surface area (Å²) in [4.78, 5) is 46.7. The van der Waals surface area contributed by atoms with Gasteiger partial charge in [0.1, 0.15) is 0 Å². The van der Waals surface area contributed by atoms with Crippen LogP contribution in [0.3, 0.4) is 0 Å². The Morgan fingerprint density at radius 1 is 0.733 bits per heavy atom. The monoisotopic (exact) mass is 426 g/mol. The van der Waals surface area contributed by atoms with Gasteiger partial charge in [-0.2, -0.15) is 0 Å². The van der Waals surface area contributed by atoms with Crippen molar-refractivity contribution in [3.05, 3.63) is 11.1 Å². The van der Waals surface area contributed by atoms with Crippen LogP contribution in [0.1, 0.15) is 97.8 Å². The van der Waals surface area contributed by atoms with Gasteiger partial charge < -0.3 is 14.9 Å². The molecule has 0 amide bonds. The van der Waals surface area contributed by atoms with E-state index >= 15 is 0 Å². The summed E-state index contributed by atoms with van der Waals surface area (Å²) in [5.41, 5.74) is 1.33. The maximum absolute atomic E-state index is 12.1. The number of ketones is 2. The van der Waals surface area contributed by atoms with Gasteiger partial charge in [-0.1, -0.05) is 45.4 Å². The first-order valence-electron chi connectivity index (χ1n) is 11.0. The van der Waals surface area contributed by atoms with Crippen LogP contribution in [0, 0.1) is 0 Å². The number of hydrogen-bond acceptors (Lipinski definition) is 7. The van der Waals surface area contributed by atoms with E-state index in [0.717, 1.165) is 51.4 Å². The second-order valence-electron chi connectivity index (χ2n) is 7.64. The van der Waals surface area contributed by atoms with E-state index in [-0.39, 0.29) is 18.0 Å². The summed E-state index contributed by atoms with van der Waals surface area (Å²) in [5, 5.41) is 17.7. The van der Waals surface area contributed by atoms with E-state index in [9.17, 15) is 19.2 Å². The molecule has 0 aliphatic heterocycles. The highest BCUT2D eigenvalue weighted by Crippen LogP contribution is 2.21. The smallest absolute Gasteiger partial charge is 0.345 e. The van der Waals surface area contributed by atoms with Crippen molar-refractivity contribution >= 4 is 23.5 Å². The van der Waals surface area contributed by atoms with Crippen molar-refractivity contribution in [3.8, 4) is 0 Å². The van der Waals surface area contributed by atoms with Gasteiger partial charge in [-0.25, -0.2) is 4.79 Å². The highest BCUT2D eigenvalue weighted by atomic mass is 16.6. The molecule has 2 N–H and O–H groups in total. The van der Waals surface area contributed by atoms with Gasteiger partial charge >= 0.3 is 11.9 Å². The van der Waals surface area contributed by atoms with Gasteiger partial charge in [0, 0.05) is 17.6 Å². The fourth-order valence-corrected chi connectivity index (χ4v) is 3.21. The standard InChI is InChI=1S/C23H38O7/c1-4-5-6-10-13-19(17(2)25)20(18(3)26)14-11-8-7-9-12-15-22(28)30-23(29)21(27)16-24/h21,24,27H,4-16H2,1-3H3/b20-19-. The van der Waals surface area contributed by atoms with Crippen LogP contribution in [0.25, 0.3) is 0 Å². The van der Waals surface area contributed by atoms with Gasteiger partial charge in [-0.15, -0.1) is 0 Å². The average molecular weight is 427 g/mol. The lowest BCUT2D eigenvalue weighted by atomic mass is 9.92. The third kappa shape index (κ3) is 12.6. The molecule has 0 saturated carbocycles. The van der Waals surface area contributed by atoms with E-state index in [2.05, 4.69) is 11.7 Å². The number of hydrogen-bond donors (Lipinski definition) is 2. The third-order valence-corrected chi connectivity index (χ3v) is 4.96. The first kappa shape index (κ1) is 28.1. The van der Waals surface area contributed by atoms with Crippen LogP contribution in [0.2, 0.25) is 0 Å². The predicted molar refractivity (Wildman–Crippen MR) is 114 cm³/mol. The minimum absolute atomic E-state index is 0.0175. The van der Waals surface area contributed by atoms with E-state index in [1.807, 2.05) is 0 Å². The van der Waals surface area contributed by atoms with Crippen molar-refractivity contribution in [2.45, 2.75) is 104 Å². The SMILES string of the molecule is CCCCCC/C(C(C)=O)=C(\CCCCCCCC(=O)OC(=O)C(O)CO)C(C)=O. The zero-order valence-corrected chi connectivity index (χ0v) is 18.7. The molecule has 0 aliphatic carbocycles. The Bertz CT molecular complexity index is 592. The quantitative estimate of drug-likeness (QED) is 0.158. The lowest BCUT2D eigenvalue weighted by Crippen LogP contribution is -2.28. The molecule has 1 atom stereocenters. The molecule has 0 aliphatic rings. The van der Waals surface area contributed by atoms with E-state index in [0.29, 0.717) is 30.4 Å². The summed E-state index contributed by atoms with van der Waals surface area (Å²) in [7, 11) is 0. The Hall–Kier alpha value is -1.86. The van der Waals surface area contributed by atoms with E-state index < -0.39 is 24.6 Å². The lowest BCUT2D eigenvalue weighted by Gasteiger charge is -2.11. The number of aliphatic hydroxyl groups excluding tert-OH is 2. The average Bonchev–Trinajstić information content (AvgIpc) is 2.69. The second-order valence-corrected chi connectivity index (χ2v) is 7.64. The van der Waals surface area contributed by atoms with Crippen LogP contribution in [0.4, 0.5) is 0 Å². The number of esters is 2. The number of carbonyl (C=O) groups is 4. The summed E-state index contributed by atoms with van der Waals surface area (Å²) in [6.45, 7) is 4.40. The Morgan fingerprint density at radius 3 is 1.60 bits per heavy atom. The second kappa shape index (κ2) is 16.9. The fraction of sp³-hybridized carbons (Fsp3) is 0.739. The molecule has 7 nitrogen and oxygen atoms in total. The molecular formula is C23H38O7. The van der Waals surface area contributed by atoms with Crippen LogP contribution < -0.4 is 0 Å². The number of allylic oxidation sites excluding steroid dienone is 2. The van der Waals surface area contributed by atoms with Gasteiger partial charge in [-0.3, -0.25) is 14.4 Å². The highest BCUT2D eigenvalue weighted by Gasteiger charge is 2.19. The number of unbranched alkanes of at least 4 members (excludes halogenated alkanes) is 7. The molecule has 0 bridgehead atoms. The van der Waals surface area contributed by atoms with Crippen LogP contribution in [-0.4, -0.2) is 46.4 Å². The lowest BCUT2D eigenvalue weighted by molar-refractivity contribution is -0.167. The molecule has 0 saturated heterocycles. The zero-order valence-electron chi connectivity index (χ0n) is 18.7. The van der Waals surface area contributed by atoms with Gasteiger partial charge in [-0.05, 0) is 46.0 Å². The molecule has 0 aromatic heterocycles. The number of aliphatic hydroxyl groups is 2. The van der Waals surface area contributed by atoms with Crippen LogP contribution >= 0.6 is 0 Å². The number of ether oxygens (including phenoxy) is 1. The van der Waals surface area contributed by atoms with Crippen LogP contribution in [0.5, 0.6) is 0 Å². The third-order valence-electron chi connectivity index (χ3n) is 4.96. The van der Waals surface area contributed by atoms with Crippen molar-refractivity contribution in [3.63, 3.8) is 0 Å². The molecule has 0 aromatic carbocycles. The maximum Gasteiger partial charge on any atom is 0.345 e. The topological polar surface area (TPSA) is 118 Å². The molecule has 30 heavy (non-hydrogen) atoms. The molecule has 172 valence electrons. The number of Topliss-reactive ketones (excluding diaryl/α,β-unsaturated/α-hetero) is 2. The Morgan fingerprint density at radius 2 is 1.17 bits per heavy atom. The molecule has 0 aromatic rings. The normalized spacial score (nSPS) is 12.8. The van der Waals surface area contributed by atoms with Crippen molar-refractivity contribution in [2.75, 3.05) is 6.61 Å². The molecule has 0 fully saturated rings. The minimum atomic E-state index is -1.69. The van der Waals surface area contributed by atoms with Gasteiger partial charge in [0.15, 0.2) is 17.7 Å². The van der Waals surface area contributed by atoms with Crippen molar-refractivity contribution < 1.29 is 34.1 Å². The van der Waals surface area contributed by atoms with Crippen molar-refractivity contribution in [1.29, 1.82) is 0 Å². The molecule has 0 rings (SSSR count). The predicted octanol–water partition coefficient (Wildman–Crippen LogP) is 3.59. The van der Waals surface area contributed by atoms with Crippen LogP contribution in [0.15, 0.2) is 11.1 Å². The largest absolute Gasteiger partial charge is 0.393 e. The molecular weight excluding hydrogens is 388 g/mol. The summed E-state index contributed by atoms with van der Waals surface area (Å²) in [6, 6.07) is 0. The maximum atomic E-state index is 12.1. The van der Waals surface area contributed by atoms with E-state index in [4.69, 9.17) is 10.2 Å². The Balaban J connectivity index is 4.29. The summed E-state index contributed by atoms with van der Waals surface area (Å²) < 4.78 is 4.42. The Labute approximate surface area is 179 Å². The molecule has 7 heteroatoms. The highest BCUT2D eigenvalue weighted by molar-refractivity contribution is 6.04. The molecule has 1 unspecified atom stereocenters. The first-order chi connectivity index (χ1) is 14.2. The van der Waals surface area contributed by atoms with Crippen molar-refractivity contribution in [2.24, 2.45) is 0 Å². The van der Waals surface area contributed by atoms with E-state index in [1.54, 1.807) is 0 Å². The van der Waals surface area contributed by atoms with Gasteiger partial charge in [0.25, 0.3) is 0 Å². The zero-order chi connectivity index (χ0) is 22.9. The van der Waals surface area contributed by atoms with Gasteiger partial charge in [0.05, 0.1) is 6.61 Å². The molecule has 0 spiro atoms. The summed E-state index contributed by atoms with van der Waals surface area (Å²) in [6.07, 6.45) is 7.70. The minimum Gasteiger partial charge on any atom is -0.393 e. The van der Waals surface area contributed by atoms with Crippen molar-refractivity contribution in [1.82, 2.24) is 0 Å². The Kier molecular flexibility index (Phi) is 15.8. The van der Waals surface area contributed by atoms with E-state index in [1.165, 1.54) is 13.8 Å². The summed E-state index contributed by atoms with van der Waals surface area (Å²) >= 11 is 0. The number of rotatable bonds is 17. The molecule has 0 heterocycles. The van der Waals surface area contributed by atoms with Gasteiger partial charge in [0.2, 0.25) is 0 Å². The molecule has 0 radical (unpaired) electrons. The fourth-order valence-electron chi connectivity index (χ4n) is 3.21. The summed E-state index contributed by atoms with van der Waals surface area (Å²) in [5.74, 6) is -1.91.